The molecule has 1 aliphatic heterocycles. The first-order valence-electron chi connectivity index (χ1n) is 10.4. The lowest BCUT2D eigenvalue weighted by Crippen LogP contribution is -2.43. The van der Waals surface area contributed by atoms with E-state index in [4.69, 9.17) is 4.74 Å². The molecule has 3 rings (SSSR count). The molecular weight excluding hydrogens is 378 g/mol. The maximum atomic E-state index is 13.4. The van der Waals surface area contributed by atoms with Crippen molar-refractivity contribution in [1.29, 1.82) is 0 Å². The molecule has 160 valence electrons. The summed E-state index contributed by atoms with van der Waals surface area (Å²) in [5.41, 5.74) is 4.31. The van der Waals surface area contributed by atoms with Crippen molar-refractivity contribution < 1.29 is 14.3 Å². The Morgan fingerprint density at radius 1 is 1.03 bits per heavy atom. The highest BCUT2D eigenvalue weighted by molar-refractivity contribution is 6.04. The molecule has 2 amide bonds. The van der Waals surface area contributed by atoms with Crippen molar-refractivity contribution in [2.24, 2.45) is 0 Å². The second-order valence-electron chi connectivity index (χ2n) is 8.88. The number of carbonyl (C=O) groups excluding carboxylic acids is 2. The zero-order chi connectivity index (χ0) is 21.9. The highest BCUT2D eigenvalue weighted by Gasteiger charge is 2.27. The summed E-state index contributed by atoms with van der Waals surface area (Å²) < 4.78 is 5.19. The van der Waals surface area contributed by atoms with Crippen LogP contribution in [0.1, 0.15) is 45.7 Å². The van der Waals surface area contributed by atoms with Crippen molar-refractivity contribution in [2.45, 2.75) is 59.1 Å². The molecular formula is C24H31N3O3. The zero-order valence-electron chi connectivity index (χ0n) is 18.4. The van der Waals surface area contributed by atoms with Crippen LogP contribution in [0.3, 0.4) is 0 Å². The van der Waals surface area contributed by atoms with Gasteiger partial charge in [0, 0.05) is 11.2 Å². The molecule has 0 saturated heterocycles. The lowest BCUT2D eigenvalue weighted by molar-refractivity contribution is -0.117. The molecule has 2 aromatic carbocycles. The van der Waals surface area contributed by atoms with E-state index in [1.165, 1.54) is 0 Å². The van der Waals surface area contributed by atoms with Gasteiger partial charge in [-0.3, -0.25) is 15.0 Å². The van der Waals surface area contributed by atoms with Gasteiger partial charge in [0.2, 0.25) is 5.91 Å². The van der Waals surface area contributed by atoms with Crippen molar-refractivity contribution in [3.05, 3.63) is 53.6 Å². The highest BCUT2D eigenvalue weighted by Crippen LogP contribution is 2.37. The highest BCUT2D eigenvalue weighted by atomic mass is 16.6. The second kappa shape index (κ2) is 8.88. The molecule has 0 aromatic heterocycles. The molecule has 0 atom stereocenters. The summed E-state index contributed by atoms with van der Waals surface area (Å²) >= 11 is 0. The molecule has 2 N–H and O–H groups in total. The lowest BCUT2D eigenvalue weighted by atomic mass is 10.0. The van der Waals surface area contributed by atoms with Crippen molar-refractivity contribution >= 4 is 29.1 Å². The molecule has 0 unspecified atom stereocenters. The molecule has 6 nitrogen and oxygen atoms in total. The first-order valence-corrected chi connectivity index (χ1v) is 10.4. The van der Waals surface area contributed by atoms with Gasteiger partial charge < -0.3 is 10.1 Å². The molecule has 0 radical (unpaired) electrons. The van der Waals surface area contributed by atoms with Crippen molar-refractivity contribution in [3.8, 4) is 0 Å². The summed E-state index contributed by atoms with van der Waals surface area (Å²) in [4.78, 5) is 27.2. The van der Waals surface area contributed by atoms with E-state index in [-0.39, 0.29) is 24.1 Å². The van der Waals surface area contributed by atoms with E-state index in [1.807, 2.05) is 57.2 Å². The molecule has 6 heteroatoms. The van der Waals surface area contributed by atoms with Gasteiger partial charge in [0.05, 0.1) is 24.0 Å². The minimum absolute atomic E-state index is 0.0394. The van der Waals surface area contributed by atoms with Crippen LogP contribution in [0.15, 0.2) is 42.5 Å². The van der Waals surface area contributed by atoms with Gasteiger partial charge in [0.1, 0.15) is 0 Å². The summed E-state index contributed by atoms with van der Waals surface area (Å²) in [6, 6.07) is 13.7. The molecule has 2 aromatic rings. The second-order valence-corrected chi connectivity index (χ2v) is 8.88. The van der Waals surface area contributed by atoms with Crippen LogP contribution in [-0.4, -0.2) is 30.2 Å². The van der Waals surface area contributed by atoms with E-state index in [0.717, 1.165) is 35.3 Å². The number of rotatable bonds is 4. The fourth-order valence-corrected chi connectivity index (χ4v) is 3.45. The normalized spacial score (nSPS) is 13.3. The van der Waals surface area contributed by atoms with Crippen LogP contribution < -0.4 is 15.5 Å². The topological polar surface area (TPSA) is 70.7 Å². The fraction of sp³-hybridized carbons (Fsp3) is 0.417. The van der Waals surface area contributed by atoms with Gasteiger partial charge in [0.15, 0.2) is 0 Å². The number of ether oxygens (including phenoxy) is 1. The third-order valence-corrected chi connectivity index (χ3v) is 4.83. The van der Waals surface area contributed by atoms with Gasteiger partial charge in [0.25, 0.3) is 0 Å². The van der Waals surface area contributed by atoms with Crippen LogP contribution in [0.4, 0.5) is 21.9 Å². The molecule has 1 aliphatic rings. The van der Waals surface area contributed by atoms with E-state index in [1.54, 1.807) is 18.7 Å². The summed E-state index contributed by atoms with van der Waals surface area (Å²) in [5, 5.41) is 6.06. The van der Waals surface area contributed by atoms with E-state index >= 15 is 0 Å². The van der Waals surface area contributed by atoms with Gasteiger partial charge in [-0.2, -0.15) is 0 Å². The third kappa shape index (κ3) is 5.39. The Hall–Kier alpha value is -2.86. The molecule has 0 fully saturated rings. The van der Waals surface area contributed by atoms with Gasteiger partial charge in [-0.1, -0.05) is 24.3 Å². The average molecular weight is 410 g/mol. The van der Waals surface area contributed by atoms with Crippen LogP contribution in [-0.2, 0) is 22.4 Å². The minimum Gasteiger partial charge on any atom is -0.447 e. The predicted octanol–water partition coefficient (Wildman–Crippen LogP) is 4.79. The Balaban J connectivity index is 1.99. The summed E-state index contributed by atoms with van der Waals surface area (Å²) in [6.07, 6.45) is 0.951. The van der Waals surface area contributed by atoms with Gasteiger partial charge >= 0.3 is 6.09 Å². The quantitative estimate of drug-likeness (QED) is 0.761. The van der Waals surface area contributed by atoms with Crippen molar-refractivity contribution in [1.82, 2.24) is 5.32 Å². The number of hydrogen-bond donors (Lipinski definition) is 2. The van der Waals surface area contributed by atoms with Crippen LogP contribution in [0, 0.1) is 0 Å². The Kier molecular flexibility index (Phi) is 6.46. The number of carbonyl (C=O) groups is 2. The minimum atomic E-state index is -0.508. The number of hydrogen-bond acceptors (Lipinski definition) is 4. The zero-order valence-corrected chi connectivity index (χ0v) is 18.4. The van der Waals surface area contributed by atoms with Gasteiger partial charge in [-0.05, 0) is 76.8 Å². The number of nitrogens with zero attached hydrogens (tertiary/aromatic N) is 1. The van der Waals surface area contributed by atoms with Crippen LogP contribution >= 0.6 is 0 Å². The number of anilines is 3. The summed E-state index contributed by atoms with van der Waals surface area (Å²) in [5.74, 6) is -0.0394. The predicted molar refractivity (Wildman–Crippen MR) is 120 cm³/mol. The standard InChI is InChI=1S/C24H31N3O3/c1-16(2)30-23(29)26-19-13-12-18-11-10-17-8-6-7-9-20(17)27(21(18)14-19)22(28)15-25-24(3,4)5/h6-9,12-14,16,25H,10-11,15H2,1-5H3,(H,26,29). The SMILES string of the molecule is CC(C)OC(=O)Nc1ccc2c(c1)N(C(=O)CNC(C)(C)C)c1ccccc1CC2. The van der Waals surface area contributed by atoms with E-state index in [9.17, 15) is 9.59 Å². The number of para-hydroxylation sites is 1. The first kappa shape index (κ1) is 21.8. The van der Waals surface area contributed by atoms with Gasteiger partial charge in [-0.15, -0.1) is 0 Å². The number of amides is 2. The van der Waals surface area contributed by atoms with Crippen molar-refractivity contribution in [2.75, 3.05) is 16.8 Å². The van der Waals surface area contributed by atoms with Crippen LogP contribution in [0.25, 0.3) is 0 Å². The molecule has 0 aliphatic carbocycles. The van der Waals surface area contributed by atoms with Crippen LogP contribution in [0.2, 0.25) is 0 Å². The Morgan fingerprint density at radius 3 is 2.37 bits per heavy atom. The van der Waals surface area contributed by atoms with Crippen LogP contribution in [0.5, 0.6) is 0 Å². The maximum absolute atomic E-state index is 13.4. The monoisotopic (exact) mass is 409 g/mol. The number of benzene rings is 2. The Morgan fingerprint density at radius 2 is 1.70 bits per heavy atom. The number of fused-ring (bicyclic) bond motifs is 2. The number of nitrogens with one attached hydrogen (secondary N) is 2. The molecule has 0 saturated carbocycles. The van der Waals surface area contributed by atoms with Crippen molar-refractivity contribution in [3.63, 3.8) is 0 Å². The molecule has 0 spiro atoms. The van der Waals surface area contributed by atoms with E-state index < -0.39 is 6.09 Å². The largest absolute Gasteiger partial charge is 0.447 e. The molecule has 0 bridgehead atoms. The first-order chi connectivity index (χ1) is 14.1. The van der Waals surface area contributed by atoms with E-state index in [2.05, 4.69) is 16.7 Å². The third-order valence-electron chi connectivity index (χ3n) is 4.83. The number of aryl methyl sites for hydroxylation is 2. The molecule has 30 heavy (non-hydrogen) atoms. The van der Waals surface area contributed by atoms with E-state index in [0.29, 0.717) is 5.69 Å². The smallest absolute Gasteiger partial charge is 0.411 e. The average Bonchev–Trinajstić information content (AvgIpc) is 2.81. The Bertz CT molecular complexity index is 932. The summed E-state index contributed by atoms with van der Waals surface area (Å²) in [7, 11) is 0. The summed E-state index contributed by atoms with van der Waals surface area (Å²) in [6.45, 7) is 9.92. The Labute approximate surface area is 178 Å². The van der Waals surface area contributed by atoms with Gasteiger partial charge in [-0.25, -0.2) is 4.79 Å². The maximum Gasteiger partial charge on any atom is 0.411 e. The molecule has 1 heterocycles. The fourth-order valence-electron chi connectivity index (χ4n) is 3.45. The lowest BCUT2D eigenvalue weighted by Gasteiger charge is -2.28.